The number of hydrogen-bond donors (Lipinski definition) is 3. The van der Waals surface area contributed by atoms with Crippen molar-refractivity contribution < 1.29 is 14.6 Å². The Bertz CT molecular complexity index is 1280. The van der Waals surface area contributed by atoms with E-state index < -0.39 is 0 Å². The summed E-state index contributed by atoms with van der Waals surface area (Å²) in [5, 5.41) is 18.8. The van der Waals surface area contributed by atoms with Crippen molar-refractivity contribution in [3.8, 4) is 16.9 Å². The van der Waals surface area contributed by atoms with E-state index in [9.17, 15) is 9.90 Å². The van der Waals surface area contributed by atoms with Crippen LogP contribution in [0.1, 0.15) is 33.1 Å². The molecule has 1 aliphatic heterocycles. The van der Waals surface area contributed by atoms with Crippen molar-refractivity contribution in [1.29, 1.82) is 5.41 Å². The Balaban J connectivity index is 1.93. The summed E-state index contributed by atoms with van der Waals surface area (Å²) in [6.45, 7) is 0. The standard InChI is InChI=1S/C27H26N4O3/c1-30(2)27(33)21-9-4-7-19(17-21)25(31-12-14-34-15-13-31)22-10-5-11-23(32)24(22)18-6-3-8-20(16-18)26(28)29/h3-17,25,32H,1-2H3,(H3,28,29). The molecule has 4 N–H and O–H groups in total. The number of benzene rings is 3. The minimum absolute atomic E-state index is 0.0516. The molecule has 0 fully saturated rings. The average Bonchev–Trinajstić information content (AvgIpc) is 2.85. The van der Waals surface area contributed by atoms with Gasteiger partial charge in [0.25, 0.3) is 5.91 Å². The number of aromatic hydroxyl groups is 1. The van der Waals surface area contributed by atoms with E-state index in [1.54, 1.807) is 69.4 Å². The first kappa shape index (κ1) is 22.7. The third-order valence-corrected chi connectivity index (χ3v) is 5.61. The van der Waals surface area contributed by atoms with Crippen LogP contribution in [0.3, 0.4) is 0 Å². The van der Waals surface area contributed by atoms with Crippen molar-refractivity contribution >= 4 is 11.7 Å². The zero-order chi connectivity index (χ0) is 24.2. The SMILES string of the molecule is CN(C)C(=O)c1cccc(C(c2cccc(O)c2-c2cccc(C(=N)N)c2)N2C=COC=C2)c1. The smallest absolute Gasteiger partial charge is 0.253 e. The molecule has 7 heteroatoms. The molecule has 7 nitrogen and oxygen atoms in total. The van der Waals surface area contributed by atoms with Crippen molar-refractivity contribution in [3.05, 3.63) is 114 Å². The van der Waals surface area contributed by atoms with Crippen molar-refractivity contribution in [2.24, 2.45) is 5.73 Å². The maximum absolute atomic E-state index is 12.7. The molecule has 1 aliphatic rings. The number of nitrogens with two attached hydrogens (primary N) is 1. The first-order chi connectivity index (χ1) is 16.4. The summed E-state index contributed by atoms with van der Waals surface area (Å²) in [7, 11) is 3.44. The summed E-state index contributed by atoms with van der Waals surface area (Å²) in [5.74, 6) is -0.0480. The first-order valence-electron chi connectivity index (χ1n) is 10.7. The summed E-state index contributed by atoms with van der Waals surface area (Å²) < 4.78 is 5.25. The van der Waals surface area contributed by atoms with Crippen molar-refractivity contribution in [2.75, 3.05) is 14.1 Å². The number of amidine groups is 1. The number of nitrogens with zero attached hydrogens (tertiary/aromatic N) is 2. The number of carbonyl (C=O) groups excluding carboxylic acids is 1. The Morgan fingerprint density at radius 3 is 2.38 bits per heavy atom. The molecule has 34 heavy (non-hydrogen) atoms. The fourth-order valence-electron chi connectivity index (χ4n) is 4.03. The Morgan fingerprint density at radius 1 is 1.00 bits per heavy atom. The maximum Gasteiger partial charge on any atom is 0.253 e. The average molecular weight is 455 g/mol. The summed E-state index contributed by atoms with van der Waals surface area (Å²) in [6.07, 6.45) is 6.73. The van der Waals surface area contributed by atoms with E-state index >= 15 is 0 Å². The highest BCUT2D eigenvalue weighted by molar-refractivity contribution is 5.96. The van der Waals surface area contributed by atoms with Gasteiger partial charge in [0, 0.05) is 43.2 Å². The highest BCUT2D eigenvalue weighted by atomic mass is 16.5. The predicted molar refractivity (Wildman–Crippen MR) is 132 cm³/mol. The molecule has 3 aromatic carbocycles. The van der Waals surface area contributed by atoms with Gasteiger partial charge in [0.15, 0.2) is 0 Å². The number of phenolic OH excluding ortho intramolecular Hbond substituents is 1. The number of rotatable bonds is 6. The molecule has 1 unspecified atom stereocenters. The molecule has 172 valence electrons. The number of phenols is 1. The fourth-order valence-corrected chi connectivity index (χ4v) is 4.03. The second kappa shape index (κ2) is 9.54. The molecule has 1 atom stereocenters. The van der Waals surface area contributed by atoms with Crippen LogP contribution in [0, 0.1) is 5.41 Å². The van der Waals surface area contributed by atoms with Gasteiger partial charge in [-0.15, -0.1) is 0 Å². The quantitative estimate of drug-likeness (QED) is 0.378. The van der Waals surface area contributed by atoms with Gasteiger partial charge in [-0.1, -0.05) is 42.5 Å². The molecule has 0 aromatic heterocycles. The summed E-state index contributed by atoms with van der Waals surface area (Å²) in [4.78, 5) is 16.2. The molecule has 0 saturated heterocycles. The lowest BCUT2D eigenvalue weighted by molar-refractivity contribution is 0.0827. The van der Waals surface area contributed by atoms with E-state index in [0.717, 1.165) is 16.7 Å². The molecule has 1 amide bonds. The number of ether oxygens (including phenoxy) is 1. The monoisotopic (exact) mass is 454 g/mol. The minimum Gasteiger partial charge on any atom is -0.507 e. The minimum atomic E-state index is -0.380. The lowest BCUT2D eigenvalue weighted by atomic mass is 9.88. The number of carbonyl (C=O) groups is 1. The van der Waals surface area contributed by atoms with E-state index in [-0.39, 0.29) is 23.5 Å². The van der Waals surface area contributed by atoms with Gasteiger partial charge in [-0.3, -0.25) is 10.2 Å². The summed E-state index contributed by atoms with van der Waals surface area (Å²) in [6, 6.07) is 19.7. The maximum atomic E-state index is 12.7. The second-order valence-corrected chi connectivity index (χ2v) is 8.12. The van der Waals surface area contributed by atoms with Gasteiger partial charge in [0.2, 0.25) is 0 Å². The van der Waals surface area contributed by atoms with E-state index in [0.29, 0.717) is 16.7 Å². The van der Waals surface area contributed by atoms with Gasteiger partial charge in [0.05, 0.1) is 6.04 Å². The van der Waals surface area contributed by atoms with Gasteiger partial charge in [0.1, 0.15) is 24.1 Å². The molecule has 0 spiro atoms. The molecular formula is C27H26N4O3. The van der Waals surface area contributed by atoms with Gasteiger partial charge < -0.3 is 25.4 Å². The largest absolute Gasteiger partial charge is 0.507 e. The van der Waals surface area contributed by atoms with Gasteiger partial charge in [-0.2, -0.15) is 0 Å². The number of amides is 1. The lowest BCUT2D eigenvalue weighted by Gasteiger charge is -2.31. The molecule has 0 aliphatic carbocycles. The Kier molecular flexibility index (Phi) is 6.36. The molecule has 0 bridgehead atoms. The molecule has 0 radical (unpaired) electrons. The van der Waals surface area contributed by atoms with Crippen LogP contribution in [0.2, 0.25) is 0 Å². The predicted octanol–water partition coefficient (Wildman–Crippen LogP) is 4.41. The zero-order valence-corrected chi connectivity index (χ0v) is 19.0. The number of nitrogens with one attached hydrogen (secondary N) is 1. The Hall–Kier alpha value is -4.52. The molecule has 1 heterocycles. The van der Waals surface area contributed by atoms with Gasteiger partial charge in [-0.05, 0) is 41.0 Å². The van der Waals surface area contributed by atoms with Gasteiger partial charge in [-0.25, -0.2) is 0 Å². The summed E-state index contributed by atoms with van der Waals surface area (Å²) in [5.41, 5.74) is 9.86. The zero-order valence-electron chi connectivity index (χ0n) is 19.0. The molecular weight excluding hydrogens is 428 g/mol. The highest BCUT2D eigenvalue weighted by Gasteiger charge is 2.26. The number of hydrogen-bond acceptors (Lipinski definition) is 5. The lowest BCUT2D eigenvalue weighted by Crippen LogP contribution is -2.24. The van der Waals surface area contributed by atoms with Crippen LogP contribution in [0.25, 0.3) is 11.1 Å². The van der Waals surface area contributed by atoms with Crippen LogP contribution >= 0.6 is 0 Å². The van der Waals surface area contributed by atoms with Crippen LogP contribution in [0.4, 0.5) is 0 Å². The Morgan fingerprint density at radius 2 is 1.68 bits per heavy atom. The van der Waals surface area contributed by atoms with Crippen molar-refractivity contribution in [3.63, 3.8) is 0 Å². The van der Waals surface area contributed by atoms with Crippen molar-refractivity contribution in [2.45, 2.75) is 6.04 Å². The third kappa shape index (κ3) is 4.49. The van der Waals surface area contributed by atoms with E-state index in [2.05, 4.69) is 0 Å². The molecule has 4 rings (SSSR count). The first-order valence-corrected chi connectivity index (χ1v) is 10.7. The third-order valence-electron chi connectivity index (χ3n) is 5.61. The van der Waals surface area contributed by atoms with E-state index in [4.69, 9.17) is 15.9 Å². The van der Waals surface area contributed by atoms with Crippen LogP contribution < -0.4 is 5.73 Å². The van der Waals surface area contributed by atoms with E-state index in [1.807, 2.05) is 41.3 Å². The van der Waals surface area contributed by atoms with E-state index in [1.165, 1.54) is 4.90 Å². The Labute approximate surface area is 198 Å². The summed E-state index contributed by atoms with van der Waals surface area (Å²) >= 11 is 0. The topological polar surface area (TPSA) is 103 Å². The van der Waals surface area contributed by atoms with Crippen LogP contribution in [0.5, 0.6) is 5.75 Å². The van der Waals surface area contributed by atoms with Crippen LogP contribution in [-0.2, 0) is 4.74 Å². The fraction of sp³-hybridized carbons (Fsp3) is 0.111. The van der Waals surface area contributed by atoms with Crippen LogP contribution in [0.15, 0.2) is 91.7 Å². The molecule has 0 saturated carbocycles. The van der Waals surface area contributed by atoms with Gasteiger partial charge >= 0.3 is 0 Å². The normalized spacial score (nSPS) is 13.3. The van der Waals surface area contributed by atoms with Crippen LogP contribution in [-0.4, -0.2) is 40.7 Å². The van der Waals surface area contributed by atoms with Crippen molar-refractivity contribution in [1.82, 2.24) is 9.80 Å². The number of nitrogen functional groups attached to an aromatic ring is 1. The molecule has 3 aromatic rings. The highest BCUT2D eigenvalue weighted by Crippen LogP contribution is 2.41. The second-order valence-electron chi connectivity index (χ2n) is 8.12.